The monoisotopic (exact) mass is 193 g/mol. The molecule has 0 saturated heterocycles. The highest BCUT2D eigenvalue weighted by atomic mass is 16.5. The molecule has 0 unspecified atom stereocenters. The molecule has 0 radical (unpaired) electrons. The summed E-state index contributed by atoms with van der Waals surface area (Å²) in [4.78, 5) is 21.5. The average molecular weight is 193 g/mol. The molecule has 1 rings (SSSR count). The predicted molar refractivity (Wildman–Crippen MR) is 52.2 cm³/mol. The van der Waals surface area contributed by atoms with Crippen molar-refractivity contribution in [3.63, 3.8) is 0 Å². The van der Waals surface area contributed by atoms with Crippen LogP contribution in [0, 0.1) is 6.92 Å². The van der Waals surface area contributed by atoms with Crippen molar-refractivity contribution in [2.75, 3.05) is 12.4 Å². The minimum absolute atomic E-state index is 0.361. The summed E-state index contributed by atoms with van der Waals surface area (Å²) in [6, 6.07) is 5.13. The summed E-state index contributed by atoms with van der Waals surface area (Å²) in [5.41, 5.74) is 1.75. The number of benzene rings is 1. The van der Waals surface area contributed by atoms with E-state index in [0.717, 1.165) is 5.56 Å². The highest BCUT2D eigenvalue weighted by Crippen LogP contribution is 2.17. The van der Waals surface area contributed by atoms with Gasteiger partial charge in [-0.25, -0.2) is 4.79 Å². The second-order valence-corrected chi connectivity index (χ2v) is 2.80. The van der Waals surface area contributed by atoms with Crippen LogP contribution in [0.25, 0.3) is 0 Å². The van der Waals surface area contributed by atoms with Gasteiger partial charge in [0.05, 0.1) is 18.4 Å². The zero-order chi connectivity index (χ0) is 10.6. The Labute approximate surface area is 81.9 Å². The summed E-state index contributed by atoms with van der Waals surface area (Å²) in [5.74, 6) is -0.460. The first-order valence-electron chi connectivity index (χ1n) is 4.08. The standard InChI is InChI=1S/C10H11NO3/c1-7-3-4-9(11-6-12)8(5-7)10(13)14-2/h3-6H,1-2H3,(H,11,12). The van der Waals surface area contributed by atoms with Gasteiger partial charge in [0, 0.05) is 0 Å². The van der Waals surface area contributed by atoms with Crippen LogP contribution in [0.1, 0.15) is 15.9 Å². The van der Waals surface area contributed by atoms with Crippen molar-refractivity contribution in [2.45, 2.75) is 6.92 Å². The van der Waals surface area contributed by atoms with E-state index >= 15 is 0 Å². The van der Waals surface area contributed by atoms with Gasteiger partial charge in [-0.2, -0.15) is 0 Å². The lowest BCUT2D eigenvalue weighted by Gasteiger charge is -2.06. The first kappa shape index (κ1) is 10.2. The molecule has 0 saturated carbocycles. The second kappa shape index (κ2) is 4.41. The van der Waals surface area contributed by atoms with Gasteiger partial charge in [0.1, 0.15) is 0 Å². The van der Waals surface area contributed by atoms with Crippen LogP contribution in [0.15, 0.2) is 18.2 Å². The molecule has 0 aliphatic heterocycles. The maximum Gasteiger partial charge on any atom is 0.339 e. The molecule has 0 bridgehead atoms. The highest BCUT2D eigenvalue weighted by molar-refractivity contribution is 5.97. The van der Waals surface area contributed by atoms with Crippen LogP contribution < -0.4 is 5.32 Å². The van der Waals surface area contributed by atoms with Crippen molar-refractivity contribution in [1.82, 2.24) is 0 Å². The summed E-state index contributed by atoms with van der Waals surface area (Å²) < 4.78 is 4.58. The molecular weight excluding hydrogens is 182 g/mol. The summed E-state index contributed by atoms with van der Waals surface area (Å²) in [6.45, 7) is 1.86. The van der Waals surface area contributed by atoms with Crippen molar-refractivity contribution in [1.29, 1.82) is 0 Å². The number of ether oxygens (including phenoxy) is 1. The fourth-order valence-corrected chi connectivity index (χ4v) is 1.13. The number of hydrogen-bond acceptors (Lipinski definition) is 3. The van der Waals surface area contributed by atoms with Crippen LogP contribution in [0.3, 0.4) is 0 Å². The van der Waals surface area contributed by atoms with Crippen LogP contribution in [0.2, 0.25) is 0 Å². The molecule has 1 aromatic carbocycles. The summed E-state index contributed by atoms with van der Waals surface area (Å²) in [7, 11) is 1.30. The molecule has 0 spiro atoms. The number of nitrogens with one attached hydrogen (secondary N) is 1. The molecule has 74 valence electrons. The fraction of sp³-hybridized carbons (Fsp3) is 0.200. The number of carbonyl (C=O) groups is 2. The number of methoxy groups -OCH3 is 1. The van der Waals surface area contributed by atoms with E-state index in [0.29, 0.717) is 17.7 Å². The molecule has 14 heavy (non-hydrogen) atoms. The largest absolute Gasteiger partial charge is 0.465 e. The van der Waals surface area contributed by atoms with E-state index in [1.54, 1.807) is 18.2 Å². The van der Waals surface area contributed by atoms with Gasteiger partial charge in [-0.15, -0.1) is 0 Å². The van der Waals surface area contributed by atoms with Gasteiger partial charge < -0.3 is 10.1 Å². The number of rotatable bonds is 3. The third kappa shape index (κ3) is 2.10. The zero-order valence-corrected chi connectivity index (χ0v) is 8.03. The van der Waals surface area contributed by atoms with Crippen LogP contribution in [-0.4, -0.2) is 19.5 Å². The van der Waals surface area contributed by atoms with Gasteiger partial charge in [0.15, 0.2) is 0 Å². The fourth-order valence-electron chi connectivity index (χ4n) is 1.13. The normalized spacial score (nSPS) is 9.29. The number of hydrogen-bond donors (Lipinski definition) is 1. The molecule has 0 fully saturated rings. The number of amides is 1. The van der Waals surface area contributed by atoms with Crippen molar-refractivity contribution in [3.8, 4) is 0 Å². The number of aryl methyl sites for hydroxylation is 1. The van der Waals surface area contributed by atoms with Crippen LogP contribution >= 0.6 is 0 Å². The molecule has 0 aromatic heterocycles. The summed E-state index contributed by atoms with van der Waals surface area (Å²) >= 11 is 0. The lowest BCUT2D eigenvalue weighted by atomic mass is 10.1. The topological polar surface area (TPSA) is 55.4 Å². The Kier molecular flexibility index (Phi) is 3.23. The smallest absolute Gasteiger partial charge is 0.339 e. The van der Waals surface area contributed by atoms with E-state index < -0.39 is 5.97 Å². The Bertz CT molecular complexity index is 360. The van der Waals surface area contributed by atoms with Gasteiger partial charge in [0.2, 0.25) is 6.41 Å². The number of esters is 1. The summed E-state index contributed by atoms with van der Waals surface area (Å²) in [5, 5.41) is 2.44. The van der Waals surface area contributed by atoms with E-state index in [4.69, 9.17) is 0 Å². The van der Waals surface area contributed by atoms with Crippen LogP contribution in [0.4, 0.5) is 5.69 Å². The molecular formula is C10H11NO3. The molecule has 0 heterocycles. The maximum atomic E-state index is 11.3. The number of anilines is 1. The Balaban J connectivity index is 3.14. The van der Waals surface area contributed by atoms with E-state index in [1.807, 2.05) is 6.92 Å². The Morgan fingerprint density at radius 2 is 2.21 bits per heavy atom. The molecule has 4 nitrogen and oxygen atoms in total. The van der Waals surface area contributed by atoms with E-state index in [9.17, 15) is 9.59 Å². The molecule has 1 amide bonds. The Morgan fingerprint density at radius 1 is 1.50 bits per heavy atom. The second-order valence-electron chi connectivity index (χ2n) is 2.80. The molecule has 1 aromatic rings. The van der Waals surface area contributed by atoms with Crippen LogP contribution in [-0.2, 0) is 9.53 Å². The Morgan fingerprint density at radius 3 is 2.79 bits per heavy atom. The van der Waals surface area contributed by atoms with Gasteiger partial charge in [-0.05, 0) is 19.1 Å². The first-order chi connectivity index (χ1) is 6.69. The highest BCUT2D eigenvalue weighted by Gasteiger charge is 2.10. The molecule has 0 aliphatic carbocycles. The lowest BCUT2D eigenvalue weighted by Crippen LogP contribution is -2.07. The van der Waals surface area contributed by atoms with Crippen molar-refractivity contribution < 1.29 is 14.3 Å². The van der Waals surface area contributed by atoms with Gasteiger partial charge >= 0.3 is 5.97 Å². The maximum absolute atomic E-state index is 11.3. The molecule has 0 aliphatic rings. The van der Waals surface area contributed by atoms with E-state index in [2.05, 4.69) is 10.1 Å². The minimum Gasteiger partial charge on any atom is -0.465 e. The van der Waals surface area contributed by atoms with Gasteiger partial charge in [0.25, 0.3) is 0 Å². The first-order valence-corrected chi connectivity index (χ1v) is 4.08. The van der Waals surface area contributed by atoms with Crippen molar-refractivity contribution >= 4 is 18.1 Å². The molecule has 4 heteroatoms. The molecule has 0 atom stereocenters. The van der Waals surface area contributed by atoms with Gasteiger partial charge in [-0.1, -0.05) is 11.6 Å². The van der Waals surface area contributed by atoms with Crippen molar-refractivity contribution in [3.05, 3.63) is 29.3 Å². The summed E-state index contributed by atoms with van der Waals surface area (Å²) in [6.07, 6.45) is 0.525. The Hall–Kier alpha value is -1.84. The quantitative estimate of drug-likeness (QED) is 0.582. The van der Waals surface area contributed by atoms with Crippen molar-refractivity contribution in [2.24, 2.45) is 0 Å². The van der Waals surface area contributed by atoms with Gasteiger partial charge in [-0.3, -0.25) is 4.79 Å². The third-order valence-corrected chi connectivity index (χ3v) is 1.79. The SMILES string of the molecule is COC(=O)c1cc(C)ccc1NC=O. The minimum atomic E-state index is -0.460. The molecule has 1 N–H and O–H groups in total. The lowest BCUT2D eigenvalue weighted by molar-refractivity contribution is -0.105. The number of carbonyl (C=O) groups excluding carboxylic acids is 2. The predicted octanol–water partition coefficient (Wildman–Crippen LogP) is 1.35. The van der Waals surface area contributed by atoms with E-state index in [-0.39, 0.29) is 0 Å². The third-order valence-electron chi connectivity index (χ3n) is 1.79. The van der Waals surface area contributed by atoms with Crippen LogP contribution in [0.5, 0.6) is 0 Å². The van der Waals surface area contributed by atoms with E-state index in [1.165, 1.54) is 7.11 Å². The zero-order valence-electron chi connectivity index (χ0n) is 8.03. The average Bonchev–Trinajstić information content (AvgIpc) is 2.20.